The highest BCUT2D eigenvalue weighted by Gasteiger charge is 2.60. The predicted octanol–water partition coefficient (Wildman–Crippen LogP) is 3.91. The van der Waals surface area contributed by atoms with Gasteiger partial charge in [0.15, 0.2) is 0 Å². The fourth-order valence-corrected chi connectivity index (χ4v) is 5.96. The van der Waals surface area contributed by atoms with Gasteiger partial charge in [0.2, 0.25) is 0 Å². The number of fused-ring (bicyclic) bond motifs is 4. The van der Waals surface area contributed by atoms with Crippen molar-refractivity contribution in [3.63, 3.8) is 0 Å². The van der Waals surface area contributed by atoms with Crippen LogP contribution in [0.25, 0.3) is 10.9 Å². The van der Waals surface area contributed by atoms with Gasteiger partial charge in [-0.3, -0.25) is 14.6 Å². The van der Waals surface area contributed by atoms with Crippen molar-refractivity contribution >= 4 is 22.8 Å². The van der Waals surface area contributed by atoms with E-state index in [2.05, 4.69) is 16.8 Å². The molecule has 3 aromatic rings. The van der Waals surface area contributed by atoms with Crippen molar-refractivity contribution in [1.82, 2.24) is 19.7 Å². The molecule has 2 unspecified atom stereocenters. The fraction of sp³-hybridized carbons (Fsp3) is 0.448. The molecule has 0 saturated carbocycles. The zero-order valence-electron chi connectivity index (χ0n) is 22.5. The molecule has 0 spiro atoms. The normalized spacial score (nSPS) is 20.9. The third kappa shape index (κ3) is 4.29. The second-order valence-corrected chi connectivity index (χ2v) is 10.3. The Balaban J connectivity index is 1.53. The first-order valence-electron chi connectivity index (χ1n) is 13.2. The SMILES string of the molecule is CCN(CCCN1C(=O)N2C(c3cccc(O)c3)c3[nH]c4ccc(OC)cc4c3CC2(C)C1=O)CCOC. The summed E-state index contributed by atoms with van der Waals surface area (Å²) in [5.74, 6) is 0.653. The van der Waals surface area contributed by atoms with E-state index < -0.39 is 11.6 Å². The Morgan fingerprint density at radius 2 is 1.97 bits per heavy atom. The number of phenolic OH excluding ortho intramolecular Hbond substituents is 1. The predicted molar refractivity (Wildman–Crippen MR) is 144 cm³/mol. The molecule has 5 rings (SSSR count). The van der Waals surface area contributed by atoms with Gasteiger partial charge in [0.25, 0.3) is 5.91 Å². The lowest BCUT2D eigenvalue weighted by Crippen LogP contribution is -2.53. The van der Waals surface area contributed by atoms with E-state index in [1.165, 1.54) is 4.90 Å². The molecular weight excluding hydrogens is 484 g/mol. The number of hydrogen-bond acceptors (Lipinski definition) is 6. The molecule has 0 radical (unpaired) electrons. The van der Waals surface area contributed by atoms with Gasteiger partial charge in [-0.1, -0.05) is 19.1 Å². The summed E-state index contributed by atoms with van der Waals surface area (Å²) in [7, 11) is 3.31. The summed E-state index contributed by atoms with van der Waals surface area (Å²) in [5, 5.41) is 11.3. The molecule has 2 N–H and O–H groups in total. The third-order valence-electron chi connectivity index (χ3n) is 7.97. The molecular formula is C29H36N4O5. The van der Waals surface area contributed by atoms with E-state index in [4.69, 9.17) is 9.47 Å². The number of nitrogens with zero attached hydrogens (tertiary/aromatic N) is 3. The van der Waals surface area contributed by atoms with E-state index in [9.17, 15) is 14.7 Å². The molecule has 9 heteroatoms. The number of aromatic hydroxyl groups is 1. The number of aromatic nitrogens is 1. The molecule has 3 heterocycles. The Labute approximate surface area is 222 Å². The molecule has 2 aliphatic rings. The van der Waals surface area contributed by atoms with Gasteiger partial charge in [-0.25, -0.2) is 4.79 Å². The maximum absolute atomic E-state index is 14.0. The highest BCUT2D eigenvalue weighted by molar-refractivity contribution is 6.08. The molecule has 2 atom stereocenters. The maximum Gasteiger partial charge on any atom is 0.328 e. The van der Waals surface area contributed by atoms with E-state index in [1.807, 2.05) is 31.2 Å². The molecule has 9 nitrogen and oxygen atoms in total. The van der Waals surface area contributed by atoms with Crippen LogP contribution in [0.4, 0.5) is 4.79 Å². The highest BCUT2D eigenvalue weighted by atomic mass is 16.5. The quantitative estimate of drug-likeness (QED) is 0.394. The lowest BCUT2D eigenvalue weighted by Gasteiger charge is -2.42. The van der Waals surface area contributed by atoms with Crippen molar-refractivity contribution in [3.8, 4) is 11.5 Å². The number of hydrogen-bond donors (Lipinski definition) is 2. The number of methoxy groups -OCH3 is 2. The number of carbonyl (C=O) groups is 2. The van der Waals surface area contributed by atoms with Crippen molar-refractivity contribution in [2.24, 2.45) is 0 Å². The molecule has 2 aromatic carbocycles. The minimum absolute atomic E-state index is 0.111. The van der Waals surface area contributed by atoms with Crippen molar-refractivity contribution < 1.29 is 24.2 Å². The number of likely N-dealkylation sites (N-methyl/N-ethyl adjacent to an activating group) is 1. The lowest BCUT2D eigenvalue weighted by molar-refractivity contribution is -0.133. The van der Waals surface area contributed by atoms with Gasteiger partial charge in [0, 0.05) is 43.2 Å². The molecule has 1 saturated heterocycles. The Bertz CT molecular complexity index is 1350. The summed E-state index contributed by atoms with van der Waals surface area (Å²) < 4.78 is 10.7. The Morgan fingerprint density at radius 1 is 1.16 bits per heavy atom. The van der Waals surface area contributed by atoms with Crippen LogP contribution in [0.1, 0.15) is 43.1 Å². The number of imide groups is 1. The Kier molecular flexibility index (Phi) is 7.07. The summed E-state index contributed by atoms with van der Waals surface area (Å²) in [6, 6.07) is 11.9. The molecule has 2 aliphatic heterocycles. The van der Waals surface area contributed by atoms with E-state index >= 15 is 0 Å². The highest BCUT2D eigenvalue weighted by Crippen LogP contribution is 2.49. The zero-order valence-corrected chi connectivity index (χ0v) is 22.5. The van der Waals surface area contributed by atoms with Gasteiger partial charge >= 0.3 is 6.03 Å². The van der Waals surface area contributed by atoms with E-state index in [1.54, 1.807) is 37.3 Å². The van der Waals surface area contributed by atoms with E-state index in [-0.39, 0.29) is 17.7 Å². The van der Waals surface area contributed by atoms with Crippen LogP contribution in [-0.2, 0) is 16.0 Å². The van der Waals surface area contributed by atoms with Gasteiger partial charge in [0.05, 0.1) is 13.7 Å². The average Bonchev–Trinajstić information content (AvgIpc) is 3.36. The summed E-state index contributed by atoms with van der Waals surface area (Å²) in [6.45, 7) is 7.40. The van der Waals surface area contributed by atoms with Crippen LogP contribution in [0.3, 0.4) is 0 Å². The van der Waals surface area contributed by atoms with Crippen LogP contribution in [0.2, 0.25) is 0 Å². The van der Waals surface area contributed by atoms with E-state index in [0.29, 0.717) is 26.0 Å². The first kappa shape index (κ1) is 26.1. The average molecular weight is 521 g/mol. The van der Waals surface area contributed by atoms with Crippen molar-refractivity contribution in [3.05, 3.63) is 59.3 Å². The maximum atomic E-state index is 14.0. The first-order chi connectivity index (χ1) is 18.3. The Morgan fingerprint density at radius 3 is 2.68 bits per heavy atom. The number of urea groups is 1. The van der Waals surface area contributed by atoms with Gasteiger partial charge in [-0.15, -0.1) is 0 Å². The molecule has 202 valence electrons. The topological polar surface area (TPSA) is 98.3 Å². The number of nitrogens with one attached hydrogen (secondary N) is 1. The van der Waals surface area contributed by atoms with Crippen LogP contribution < -0.4 is 4.74 Å². The van der Waals surface area contributed by atoms with Crippen molar-refractivity contribution in [2.75, 3.05) is 47.0 Å². The van der Waals surface area contributed by atoms with Crippen LogP contribution in [0.15, 0.2) is 42.5 Å². The number of amides is 3. The first-order valence-corrected chi connectivity index (χ1v) is 13.2. The van der Waals surface area contributed by atoms with Gasteiger partial charge in [0.1, 0.15) is 23.1 Å². The smallest absolute Gasteiger partial charge is 0.328 e. The number of ether oxygens (including phenoxy) is 2. The van der Waals surface area contributed by atoms with Crippen LogP contribution in [0.5, 0.6) is 11.5 Å². The summed E-state index contributed by atoms with van der Waals surface area (Å²) in [6.07, 6.45) is 1.07. The summed E-state index contributed by atoms with van der Waals surface area (Å²) >= 11 is 0. The van der Waals surface area contributed by atoms with Gasteiger partial charge in [-0.05, 0) is 67.9 Å². The van der Waals surface area contributed by atoms with Crippen molar-refractivity contribution in [2.45, 2.75) is 38.3 Å². The van der Waals surface area contributed by atoms with Crippen molar-refractivity contribution in [1.29, 1.82) is 0 Å². The molecule has 0 bridgehead atoms. The number of carbonyl (C=O) groups excluding carboxylic acids is 2. The number of benzene rings is 2. The van der Waals surface area contributed by atoms with E-state index in [0.717, 1.165) is 53.1 Å². The monoisotopic (exact) mass is 520 g/mol. The largest absolute Gasteiger partial charge is 0.508 e. The minimum Gasteiger partial charge on any atom is -0.508 e. The number of aromatic amines is 1. The van der Waals surface area contributed by atoms with Crippen LogP contribution in [0, 0.1) is 0 Å². The minimum atomic E-state index is -1.06. The molecule has 38 heavy (non-hydrogen) atoms. The zero-order chi connectivity index (χ0) is 27.0. The molecule has 0 aliphatic carbocycles. The second kappa shape index (κ2) is 10.3. The lowest BCUT2D eigenvalue weighted by atomic mass is 9.81. The number of phenols is 1. The van der Waals surface area contributed by atoms with Crippen LogP contribution >= 0.6 is 0 Å². The second-order valence-electron chi connectivity index (χ2n) is 10.3. The Hall–Kier alpha value is -3.56. The van der Waals surface area contributed by atoms with Crippen LogP contribution in [-0.4, -0.2) is 89.3 Å². The number of H-pyrrole nitrogens is 1. The molecule has 1 aromatic heterocycles. The molecule has 1 fully saturated rings. The molecule has 3 amide bonds. The summed E-state index contributed by atoms with van der Waals surface area (Å²) in [4.78, 5) is 36.8. The standard InChI is InChI=1S/C29H36N4O5/c1-5-31(14-15-37-3)12-7-13-32-27(35)29(2)18-23-22-17-21(38-4)10-11-24(22)30-25(23)26(33(29)28(32)36)19-8-6-9-20(34)16-19/h6,8-11,16-17,26,30,34H,5,7,12-15,18H2,1-4H3. The van der Waals surface area contributed by atoms with Gasteiger partial charge in [-0.2, -0.15) is 0 Å². The summed E-state index contributed by atoms with van der Waals surface area (Å²) in [5.41, 5.74) is 2.45. The van der Waals surface area contributed by atoms with Gasteiger partial charge < -0.3 is 24.5 Å². The number of rotatable bonds is 10. The third-order valence-corrected chi connectivity index (χ3v) is 7.97. The fourth-order valence-electron chi connectivity index (χ4n) is 5.96.